The van der Waals surface area contributed by atoms with E-state index in [9.17, 15) is 19.0 Å². The average Bonchev–Trinajstić information content (AvgIpc) is 2.44. The van der Waals surface area contributed by atoms with Crippen molar-refractivity contribution in [2.75, 3.05) is 0 Å². The van der Waals surface area contributed by atoms with Gasteiger partial charge in [-0.05, 0) is 22.7 Å². The van der Waals surface area contributed by atoms with Crippen LogP contribution in [0.25, 0.3) is 6.08 Å². The van der Waals surface area contributed by atoms with E-state index in [1.165, 1.54) is 24.3 Å². The van der Waals surface area contributed by atoms with Crippen LogP contribution in [-0.4, -0.2) is 19.0 Å². The Bertz CT molecular complexity index is 638. The number of aromatic hydroxyl groups is 2. The molecule has 0 aromatic heterocycles. The van der Waals surface area contributed by atoms with Crippen LogP contribution in [0.2, 0.25) is 0 Å². The highest BCUT2D eigenvalue weighted by Gasteiger charge is 2.15. The van der Waals surface area contributed by atoms with E-state index in [4.69, 9.17) is 0 Å². The lowest BCUT2D eigenvalue weighted by Crippen LogP contribution is -2.03. The third-order valence-electron chi connectivity index (χ3n) is 2.82. The molecule has 0 aliphatic rings. The fourth-order valence-corrected chi connectivity index (χ4v) is 2.42. The highest BCUT2D eigenvalue weighted by Crippen LogP contribution is 2.35. The Balaban J connectivity index is 2.35. The van der Waals surface area contributed by atoms with E-state index < -0.39 is 22.1 Å². The van der Waals surface area contributed by atoms with Crippen molar-refractivity contribution >= 4 is 17.2 Å². The molecule has 2 aromatic rings. The second-order valence-electron chi connectivity index (χ2n) is 4.17. The van der Waals surface area contributed by atoms with Gasteiger partial charge in [-0.25, -0.2) is 0 Å². The molecule has 0 heterocycles. The average molecular weight is 289 g/mol. The highest BCUT2D eigenvalue weighted by molar-refractivity contribution is 7.79. The van der Waals surface area contributed by atoms with Gasteiger partial charge in [-0.15, -0.1) is 0 Å². The molecule has 0 saturated carbocycles. The van der Waals surface area contributed by atoms with Crippen LogP contribution in [0.1, 0.15) is 16.4 Å². The van der Waals surface area contributed by atoms with E-state index >= 15 is 0 Å². The monoisotopic (exact) mass is 289 g/mol. The second-order valence-corrected chi connectivity index (χ2v) is 5.19. The van der Waals surface area contributed by atoms with Crippen molar-refractivity contribution < 1.29 is 19.0 Å². The van der Waals surface area contributed by atoms with E-state index in [-0.39, 0.29) is 11.3 Å². The summed E-state index contributed by atoms with van der Waals surface area (Å²) in [6, 6.07) is 13.5. The van der Waals surface area contributed by atoms with Crippen LogP contribution in [0.5, 0.6) is 11.5 Å². The van der Waals surface area contributed by atoms with Gasteiger partial charge in [0.1, 0.15) is 0 Å². The maximum Gasteiger partial charge on any atom is 0.162 e. The molecule has 2 N–H and O–H groups in total. The zero-order valence-electron chi connectivity index (χ0n) is 10.5. The second kappa shape index (κ2) is 6.36. The molecule has 2 rings (SSSR count). The molecule has 2 unspecified atom stereocenters. The summed E-state index contributed by atoms with van der Waals surface area (Å²) in [4.78, 5) is 0. The van der Waals surface area contributed by atoms with Crippen LogP contribution >= 0.6 is 0 Å². The molecule has 4 nitrogen and oxygen atoms in total. The number of hydrogen-bond acceptors (Lipinski definition) is 4. The number of para-hydroxylation sites is 1. The Hall–Kier alpha value is -2.11. The van der Waals surface area contributed by atoms with Crippen LogP contribution < -0.4 is 0 Å². The topological polar surface area (TPSA) is 80.6 Å². The predicted octanol–water partition coefficient (Wildman–Crippen LogP) is 2.73. The zero-order valence-corrected chi connectivity index (χ0v) is 11.3. The minimum Gasteiger partial charge on any atom is -0.772 e. The maximum atomic E-state index is 11.3. The Kier molecular flexibility index (Phi) is 4.55. The minimum absolute atomic E-state index is 0.144. The maximum absolute atomic E-state index is 11.3. The van der Waals surface area contributed by atoms with Gasteiger partial charge in [-0.3, -0.25) is 4.21 Å². The Morgan fingerprint density at radius 3 is 2.40 bits per heavy atom. The van der Waals surface area contributed by atoms with Crippen molar-refractivity contribution in [2.45, 2.75) is 5.25 Å². The van der Waals surface area contributed by atoms with E-state index in [0.29, 0.717) is 0 Å². The molecule has 0 spiro atoms. The molecule has 0 amide bonds. The van der Waals surface area contributed by atoms with Gasteiger partial charge in [0.05, 0.1) is 5.25 Å². The first-order valence-electron chi connectivity index (χ1n) is 5.91. The van der Waals surface area contributed by atoms with Crippen LogP contribution in [0.4, 0.5) is 0 Å². The van der Waals surface area contributed by atoms with Gasteiger partial charge in [-0.1, -0.05) is 54.6 Å². The lowest BCUT2D eigenvalue weighted by atomic mass is 10.1. The molecule has 5 heteroatoms. The van der Waals surface area contributed by atoms with Crippen molar-refractivity contribution in [2.24, 2.45) is 0 Å². The third-order valence-corrected chi connectivity index (χ3v) is 3.65. The summed E-state index contributed by atoms with van der Waals surface area (Å²) in [6.45, 7) is 0. The summed E-state index contributed by atoms with van der Waals surface area (Å²) in [5.74, 6) is -0.759. The van der Waals surface area contributed by atoms with Crippen LogP contribution in [0.3, 0.4) is 0 Å². The van der Waals surface area contributed by atoms with Gasteiger partial charge in [0.2, 0.25) is 0 Å². The number of rotatable bonds is 4. The molecular weight excluding hydrogens is 276 g/mol. The summed E-state index contributed by atoms with van der Waals surface area (Å²) >= 11 is -2.45. The Morgan fingerprint density at radius 1 is 1.05 bits per heavy atom. The Labute approximate surface area is 119 Å². The standard InChI is InChI=1S/C15H14O4S/c16-13-8-4-7-12(15(13)17)14(20(18)19)10-9-11-5-2-1-3-6-11/h1-10,14,16-17H,(H,18,19)/p-1. The fraction of sp³-hybridized carbons (Fsp3) is 0.0667. The van der Waals surface area contributed by atoms with Gasteiger partial charge >= 0.3 is 0 Å². The summed E-state index contributed by atoms with van der Waals surface area (Å²) in [7, 11) is 0. The number of hydrogen-bond donors (Lipinski definition) is 2. The number of phenols is 2. The molecular formula is C15H13O4S-. The molecule has 2 atom stereocenters. The third kappa shape index (κ3) is 3.26. The predicted molar refractivity (Wildman–Crippen MR) is 76.9 cm³/mol. The first kappa shape index (κ1) is 14.3. The normalized spacial score (nSPS) is 14.2. The zero-order chi connectivity index (χ0) is 14.5. The minimum atomic E-state index is -2.45. The van der Waals surface area contributed by atoms with E-state index in [1.807, 2.05) is 30.3 Å². The van der Waals surface area contributed by atoms with Crippen LogP contribution in [-0.2, 0) is 11.1 Å². The van der Waals surface area contributed by atoms with Crippen molar-refractivity contribution in [1.82, 2.24) is 0 Å². The van der Waals surface area contributed by atoms with Gasteiger partial charge in [-0.2, -0.15) is 0 Å². The lowest BCUT2D eigenvalue weighted by molar-refractivity contribution is 0.399. The van der Waals surface area contributed by atoms with E-state index in [2.05, 4.69) is 0 Å². The smallest absolute Gasteiger partial charge is 0.162 e. The highest BCUT2D eigenvalue weighted by atomic mass is 32.2. The first-order valence-corrected chi connectivity index (χ1v) is 7.05. The molecule has 0 radical (unpaired) electrons. The summed E-state index contributed by atoms with van der Waals surface area (Å²) in [6.07, 6.45) is 3.12. The number of benzene rings is 2. The quantitative estimate of drug-likeness (QED) is 0.670. The number of phenolic OH excluding ortho intramolecular Hbond substituents is 2. The van der Waals surface area contributed by atoms with Crippen LogP contribution in [0, 0.1) is 0 Å². The van der Waals surface area contributed by atoms with Gasteiger partial charge in [0.15, 0.2) is 11.5 Å². The molecule has 20 heavy (non-hydrogen) atoms. The van der Waals surface area contributed by atoms with Crippen LogP contribution in [0.15, 0.2) is 54.6 Å². The molecule has 0 bridgehead atoms. The fourth-order valence-electron chi connectivity index (χ4n) is 1.81. The Morgan fingerprint density at radius 2 is 1.75 bits per heavy atom. The van der Waals surface area contributed by atoms with Crippen molar-refractivity contribution in [3.05, 3.63) is 65.7 Å². The first-order chi connectivity index (χ1) is 9.59. The van der Waals surface area contributed by atoms with Crippen molar-refractivity contribution in [3.63, 3.8) is 0 Å². The van der Waals surface area contributed by atoms with Crippen molar-refractivity contribution in [3.8, 4) is 11.5 Å². The summed E-state index contributed by atoms with van der Waals surface area (Å²) < 4.78 is 22.7. The largest absolute Gasteiger partial charge is 0.772 e. The molecule has 104 valence electrons. The summed E-state index contributed by atoms with van der Waals surface area (Å²) in [5.41, 5.74) is 0.994. The molecule has 0 fully saturated rings. The lowest BCUT2D eigenvalue weighted by Gasteiger charge is -2.18. The van der Waals surface area contributed by atoms with Gasteiger partial charge in [0.25, 0.3) is 0 Å². The molecule has 0 aliphatic heterocycles. The molecule has 0 aliphatic carbocycles. The van der Waals surface area contributed by atoms with E-state index in [0.717, 1.165) is 5.56 Å². The molecule has 0 saturated heterocycles. The summed E-state index contributed by atoms with van der Waals surface area (Å²) in [5, 5.41) is 18.2. The molecule has 2 aromatic carbocycles. The van der Waals surface area contributed by atoms with Gasteiger partial charge in [0, 0.05) is 5.56 Å². The van der Waals surface area contributed by atoms with E-state index in [1.54, 1.807) is 6.08 Å². The van der Waals surface area contributed by atoms with Gasteiger partial charge < -0.3 is 14.8 Å². The SMILES string of the molecule is O=S([O-])C(C=Cc1ccccc1)c1cccc(O)c1O. The van der Waals surface area contributed by atoms with Crippen molar-refractivity contribution in [1.29, 1.82) is 0 Å².